The van der Waals surface area contributed by atoms with Crippen LogP contribution in [0.2, 0.25) is 0 Å². The summed E-state index contributed by atoms with van der Waals surface area (Å²) in [7, 11) is -0.520. The van der Waals surface area contributed by atoms with E-state index in [4.69, 9.17) is 0 Å². The predicted molar refractivity (Wildman–Crippen MR) is 88.1 cm³/mol. The van der Waals surface area contributed by atoms with Gasteiger partial charge in [-0.25, -0.2) is 17.7 Å². The molecule has 0 atom stereocenters. The van der Waals surface area contributed by atoms with E-state index in [0.717, 1.165) is 21.9 Å². The summed E-state index contributed by atoms with van der Waals surface area (Å²) in [4.78, 5) is 17.3. The number of aryl methyl sites for hydroxylation is 1. The average molecular weight is 359 g/mol. The number of rotatable bonds is 6. The number of thiazole rings is 1. The molecular weight excluding hydrogens is 342 g/mol. The van der Waals surface area contributed by atoms with Gasteiger partial charge in [0.2, 0.25) is 10.0 Å². The standard InChI is InChI=1S/C13H17N3O3S3/c1-9-11(21-8-15-9)4-5-16(3)22(18,19)10-6-12(20-7-10)13(17)14-2/h6-8H,4-5H2,1-3H3,(H,14,17). The molecule has 0 spiro atoms. The first kappa shape index (κ1) is 17.1. The zero-order chi connectivity index (χ0) is 16.3. The maximum Gasteiger partial charge on any atom is 0.261 e. The lowest BCUT2D eigenvalue weighted by atomic mass is 10.3. The van der Waals surface area contributed by atoms with Gasteiger partial charge in [-0.05, 0) is 19.4 Å². The Morgan fingerprint density at radius 1 is 1.41 bits per heavy atom. The van der Waals surface area contributed by atoms with Crippen LogP contribution in [0.3, 0.4) is 0 Å². The van der Waals surface area contributed by atoms with Gasteiger partial charge in [0.15, 0.2) is 0 Å². The number of hydrogen-bond acceptors (Lipinski definition) is 6. The average Bonchev–Trinajstić information content (AvgIpc) is 3.13. The molecule has 1 N–H and O–H groups in total. The van der Waals surface area contributed by atoms with Gasteiger partial charge >= 0.3 is 0 Å². The summed E-state index contributed by atoms with van der Waals surface area (Å²) in [5.41, 5.74) is 2.70. The third-order valence-corrected chi connectivity index (χ3v) is 7.14. The van der Waals surface area contributed by atoms with E-state index in [1.807, 2.05) is 6.92 Å². The molecule has 6 nitrogen and oxygen atoms in total. The minimum atomic E-state index is -3.58. The summed E-state index contributed by atoms with van der Waals surface area (Å²) in [5, 5.41) is 3.98. The zero-order valence-electron chi connectivity index (χ0n) is 12.5. The van der Waals surface area contributed by atoms with E-state index in [1.165, 1.54) is 34.1 Å². The number of thiophene rings is 1. The molecule has 0 saturated carbocycles. The van der Waals surface area contributed by atoms with Crippen molar-refractivity contribution in [3.05, 3.63) is 32.4 Å². The molecule has 0 aromatic carbocycles. The lowest BCUT2D eigenvalue weighted by Gasteiger charge is -2.15. The van der Waals surface area contributed by atoms with Gasteiger partial charge in [-0.2, -0.15) is 0 Å². The van der Waals surface area contributed by atoms with Crippen LogP contribution in [0.25, 0.3) is 0 Å². The Morgan fingerprint density at radius 2 is 2.14 bits per heavy atom. The summed E-state index contributed by atoms with van der Waals surface area (Å²) in [6, 6.07) is 1.41. The normalized spacial score (nSPS) is 11.8. The molecule has 0 saturated heterocycles. The van der Waals surface area contributed by atoms with Crippen LogP contribution in [0.1, 0.15) is 20.2 Å². The second-order valence-electron chi connectivity index (χ2n) is 4.66. The van der Waals surface area contributed by atoms with E-state index < -0.39 is 10.0 Å². The number of carbonyl (C=O) groups is 1. The number of nitrogens with zero attached hydrogens (tertiary/aromatic N) is 2. The first-order valence-electron chi connectivity index (χ1n) is 6.52. The topological polar surface area (TPSA) is 79.4 Å². The van der Waals surface area contributed by atoms with Gasteiger partial charge < -0.3 is 5.32 Å². The molecule has 0 bridgehead atoms. The largest absolute Gasteiger partial charge is 0.354 e. The van der Waals surface area contributed by atoms with Gasteiger partial charge in [-0.3, -0.25) is 4.79 Å². The highest BCUT2D eigenvalue weighted by Gasteiger charge is 2.23. The summed E-state index contributed by atoms with van der Waals surface area (Å²) in [6.07, 6.45) is 0.624. The van der Waals surface area contributed by atoms with Crippen molar-refractivity contribution < 1.29 is 13.2 Å². The Balaban J connectivity index is 2.10. The van der Waals surface area contributed by atoms with Crippen LogP contribution in [-0.2, 0) is 16.4 Å². The summed E-state index contributed by atoms with van der Waals surface area (Å²) >= 11 is 2.64. The predicted octanol–water partition coefficient (Wildman–Crippen LogP) is 1.74. The molecule has 2 rings (SSSR count). The minimum Gasteiger partial charge on any atom is -0.354 e. The highest BCUT2D eigenvalue weighted by atomic mass is 32.2. The maximum absolute atomic E-state index is 12.5. The molecule has 2 aromatic rings. The van der Waals surface area contributed by atoms with Gasteiger partial charge in [-0.1, -0.05) is 0 Å². The zero-order valence-corrected chi connectivity index (χ0v) is 14.9. The van der Waals surface area contributed by atoms with E-state index in [0.29, 0.717) is 17.8 Å². The lowest BCUT2D eigenvalue weighted by Crippen LogP contribution is -2.28. The van der Waals surface area contributed by atoms with Crippen molar-refractivity contribution in [1.29, 1.82) is 0 Å². The molecule has 0 aliphatic heterocycles. The van der Waals surface area contributed by atoms with Crippen molar-refractivity contribution in [3.63, 3.8) is 0 Å². The Hall–Kier alpha value is -1.29. The van der Waals surface area contributed by atoms with Crippen molar-refractivity contribution in [2.45, 2.75) is 18.2 Å². The molecule has 0 aliphatic carbocycles. The second-order valence-corrected chi connectivity index (χ2v) is 8.56. The molecule has 9 heteroatoms. The minimum absolute atomic E-state index is 0.152. The third kappa shape index (κ3) is 3.54. The first-order chi connectivity index (χ1) is 10.4. The second kappa shape index (κ2) is 6.86. The van der Waals surface area contributed by atoms with Crippen LogP contribution in [-0.4, -0.2) is 44.3 Å². The van der Waals surface area contributed by atoms with Crippen LogP contribution in [0, 0.1) is 6.92 Å². The first-order valence-corrected chi connectivity index (χ1v) is 9.72. The third-order valence-electron chi connectivity index (χ3n) is 3.23. The van der Waals surface area contributed by atoms with Crippen LogP contribution in [0.5, 0.6) is 0 Å². The van der Waals surface area contributed by atoms with Crippen molar-refractivity contribution in [3.8, 4) is 0 Å². The van der Waals surface area contributed by atoms with E-state index >= 15 is 0 Å². The van der Waals surface area contributed by atoms with Crippen molar-refractivity contribution in [2.24, 2.45) is 0 Å². The SMILES string of the molecule is CNC(=O)c1cc(S(=O)(=O)N(C)CCc2scnc2C)cs1. The van der Waals surface area contributed by atoms with Crippen LogP contribution >= 0.6 is 22.7 Å². The monoisotopic (exact) mass is 359 g/mol. The lowest BCUT2D eigenvalue weighted by molar-refractivity contribution is 0.0967. The molecule has 22 heavy (non-hydrogen) atoms. The summed E-state index contributed by atoms with van der Waals surface area (Å²) in [6.45, 7) is 2.28. The van der Waals surface area contributed by atoms with Gasteiger partial charge in [0.25, 0.3) is 5.91 Å². The molecule has 2 aromatic heterocycles. The molecular formula is C13H17N3O3S3. The number of carbonyl (C=O) groups excluding carboxylic acids is 1. The van der Waals surface area contributed by atoms with E-state index in [1.54, 1.807) is 12.6 Å². The van der Waals surface area contributed by atoms with E-state index in [9.17, 15) is 13.2 Å². The van der Waals surface area contributed by atoms with E-state index in [2.05, 4.69) is 10.3 Å². The molecule has 0 fully saturated rings. The fourth-order valence-electron chi connectivity index (χ4n) is 1.82. The van der Waals surface area contributed by atoms with Crippen LogP contribution in [0.15, 0.2) is 21.9 Å². The number of aromatic nitrogens is 1. The number of nitrogens with one attached hydrogen (secondary N) is 1. The van der Waals surface area contributed by atoms with Crippen molar-refractivity contribution in [2.75, 3.05) is 20.6 Å². The van der Waals surface area contributed by atoms with Gasteiger partial charge in [-0.15, -0.1) is 22.7 Å². The molecule has 1 amide bonds. The maximum atomic E-state index is 12.5. The van der Waals surface area contributed by atoms with Crippen molar-refractivity contribution in [1.82, 2.24) is 14.6 Å². The van der Waals surface area contributed by atoms with E-state index in [-0.39, 0.29) is 10.8 Å². The fourth-order valence-corrected chi connectivity index (χ4v) is 4.97. The molecule has 2 heterocycles. The fraction of sp³-hybridized carbons (Fsp3) is 0.385. The van der Waals surface area contributed by atoms with Gasteiger partial charge in [0, 0.05) is 30.9 Å². The Bertz CT molecular complexity index is 764. The summed E-state index contributed by atoms with van der Waals surface area (Å²) < 4.78 is 26.3. The quantitative estimate of drug-likeness (QED) is 0.852. The highest BCUT2D eigenvalue weighted by molar-refractivity contribution is 7.89. The number of amides is 1. The van der Waals surface area contributed by atoms with Crippen LogP contribution < -0.4 is 5.32 Å². The Morgan fingerprint density at radius 3 is 2.73 bits per heavy atom. The Kier molecular flexibility index (Phi) is 5.32. The molecule has 0 aliphatic rings. The van der Waals surface area contributed by atoms with Gasteiger partial charge in [0.05, 0.1) is 21.0 Å². The van der Waals surface area contributed by atoms with Crippen LogP contribution in [0.4, 0.5) is 0 Å². The molecule has 0 unspecified atom stereocenters. The number of sulfonamides is 1. The summed E-state index contributed by atoms with van der Waals surface area (Å²) in [5.74, 6) is -0.283. The highest BCUT2D eigenvalue weighted by Crippen LogP contribution is 2.22. The molecule has 0 radical (unpaired) electrons. The van der Waals surface area contributed by atoms with Gasteiger partial charge in [0.1, 0.15) is 0 Å². The number of likely N-dealkylation sites (N-methyl/N-ethyl adjacent to an activating group) is 1. The molecule has 120 valence electrons. The number of hydrogen-bond donors (Lipinski definition) is 1. The smallest absolute Gasteiger partial charge is 0.261 e. The van der Waals surface area contributed by atoms with Crippen molar-refractivity contribution >= 4 is 38.6 Å². The Labute approximate surface area is 137 Å².